The summed E-state index contributed by atoms with van der Waals surface area (Å²) >= 11 is 0. The molecule has 1 heterocycles. The molecule has 1 unspecified atom stereocenters. The Bertz CT molecular complexity index is 530. The fourth-order valence-corrected chi connectivity index (χ4v) is 1.51. The van der Waals surface area contributed by atoms with Crippen LogP contribution in [0, 0.1) is 12.3 Å². The van der Waals surface area contributed by atoms with Crippen molar-refractivity contribution in [3.8, 4) is 12.3 Å². The van der Waals surface area contributed by atoms with Gasteiger partial charge in [-0.15, -0.1) is 12.3 Å². The molecule has 0 aliphatic carbocycles. The molecule has 0 amide bonds. The first-order valence-electron chi connectivity index (χ1n) is 4.96. The highest BCUT2D eigenvalue weighted by molar-refractivity contribution is 5.73. The van der Waals surface area contributed by atoms with E-state index >= 15 is 0 Å². The number of hydrogen-bond acceptors (Lipinski definition) is 4. The molecule has 0 radical (unpaired) electrons. The van der Waals surface area contributed by atoms with Crippen LogP contribution >= 0.6 is 0 Å². The summed E-state index contributed by atoms with van der Waals surface area (Å²) in [7, 11) is 0. The van der Waals surface area contributed by atoms with E-state index in [1.54, 1.807) is 6.20 Å². The second-order valence-electron chi connectivity index (χ2n) is 3.41. The quantitative estimate of drug-likeness (QED) is 0.455. The highest BCUT2D eigenvalue weighted by atomic mass is 15.2. The maximum atomic E-state index is 5.42. The number of benzene rings is 1. The van der Waals surface area contributed by atoms with Crippen molar-refractivity contribution in [1.29, 1.82) is 0 Å². The van der Waals surface area contributed by atoms with Crippen molar-refractivity contribution >= 4 is 11.0 Å². The lowest BCUT2D eigenvalue weighted by molar-refractivity contribution is 0.554. The molecule has 0 aliphatic rings. The van der Waals surface area contributed by atoms with Crippen molar-refractivity contribution in [2.45, 2.75) is 12.5 Å². The molecule has 1 atom stereocenters. The van der Waals surface area contributed by atoms with E-state index in [0.717, 1.165) is 16.7 Å². The Balaban J connectivity index is 2.42. The van der Waals surface area contributed by atoms with Crippen molar-refractivity contribution in [2.75, 3.05) is 0 Å². The molecule has 0 fully saturated rings. The smallest absolute Gasteiger partial charge is 0.0890 e. The van der Waals surface area contributed by atoms with Crippen molar-refractivity contribution in [3.63, 3.8) is 0 Å². The first-order chi connectivity index (χ1) is 7.85. The van der Waals surface area contributed by atoms with Crippen LogP contribution in [0.25, 0.3) is 11.0 Å². The van der Waals surface area contributed by atoms with Crippen molar-refractivity contribution in [3.05, 3.63) is 36.2 Å². The minimum atomic E-state index is -0.151. The summed E-state index contributed by atoms with van der Waals surface area (Å²) in [6, 6.07) is 7.53. The van der Waals surface area contributed by atoms with Gasteiger partial charge in [0.25, 0.3) is 0 Å². The van der Waals surface area contributed by atoms with Gasteiger partial charge in [0.15, 0.2) is 0 Å². The number of fused-ring (bicyclic) bond motifs is 1. The summed E-state index contributed by atoms with van der Waals surface area (Å²) in [4.78, 5) is 8.77. The summed E-state index contributed by atoms with van der Waals surface area (Å²) < 4.78 is 0. The van der Waals surface area contributed by atoms with Gasteiger partial charge in [0.1, 0.15) is 0 Å². The van der Waals surface area contributed by atoms with Gasteiger partial charge >= 0.3 is 0 Å². The predicted octanol–water partition coefficient (Wildman–Crippen LogP) is 1.16. The molecule has 1 aromatic carbocycles. The number of terminal acetylenes is 1. The summed E-state index contributed by atoms with van der Waals surface area (Å²) in [6.07, 6.45) is 7.45. The molecule has 0 aliphatic heterocycles. The van der Waals surface area contributed by atoms with Crippen LogP contribution in [0.3, 0.4) is 0 Å². The van der Waals surface area contributed by atoms with Crippen LogP contribution in [0.5, 0.6) is 0 Å². The zero-order valence-corrected chi connectivity index (χ0v) is 8.72. The zero-order chi connectivity index (χ0) is 11.4. The lowest BCUT2D eigenvalue weighted by atomic mass is 10.1. The number of aromatic nitrogens is 2. The van der Waals surface area contributed by atoms with Gasteiger partial charge in [-0.05, 0) is 12.1 Å². The third-order valence-corrected chi connectivity index (χ3v) is 2.35. The van der Waals surface area contributed by atoms with Crippen LogP contribution in [0.15, 0.2) is 30.5 Å². The Morgan fingerprint density at radius 2 is 2.12 bits per heavy atom. The van der Waals surface area contributed by atoms with Gasteiger partial charge in [-0.25, -0.2) is 4.98 Å². The average Bonchev–Trinajstić information content (AvgIpc) is 2.35. The van der Waals surface area contributed by atoms with Gasteiger partial charge in [-0.2, -0.15) is 0 Å². The van der Waals surface area contributed by atoms with E-state index in [0.29, 0.717) is 6.42 Å². The third-order valence-electron chi connectivity index (χ3n) is 2.35. The molecule has 3 N–H and O–H groups in total. The van der Waals surface area contributed by atoms with Crippen LogP contribution in [0.2, 0.25) is 0 Å². The number of nitrogens with one attached hydrogen (secondary N) is 1. The van der Waals surface area contributed by atoms with E-state index in [-0.39, 0.29) is 6.04 Å². The Morgan fingerprint density at radius 1 is 1.38 bits per heavy atom. The number of nitrogens with two attached hydrogens (primary N) is 1. The molecule has 2 rings (SSSR count). The van der Waals surface area contributed by atoms with Crippen molar-refractivity contribution < 1.29 is 0 Å². The Hall–Kier alpha value is -1.96. The number of nitrogens with zero attached hydrogens (tertiary/aromatic N) is 2. The maximum Gasteiger partial charge on any atom is 0.0890 e. The van der Waals surface area contributed by atoms with Gasteiger partial charge < -0.3 is 0 Å². The molecule has 0 spiro atoms. The molecule has 4 nitrogen and oxygen atoms in total. The van der Waals surface area contributed by atoms with Gasteiger partial charge in [-0.3, -0.25) is 16.3 Å². The van der Waals surface area contributed by atoms with Crippen LogP contribution in [-0.2, 0) is 0 Å². The number of para-hydroxylation sites is 2. The fraction of sp³-hybridized carbons (Fsp3) is 0.167. The average molecular weight is 212 g/mol. The van der Waals surface area contributed by atoms with E-state index in [1.807, 2.05) is 24.3 Å². The van der Waals surface area contributed by atoms with E-state index in [9.17, 15) is 0 Å². The first-order valence-corrected chi connectivity index (χ1v) is 4.96. The van der Waals surface area contributed by atoms with Crippen LogP contribution in [0.1, 0.15) is 18.2 Å². The largest absolute Gasteiger partial charge is 0.271 e. The Labute approximate surface area is 93.9 Å². The summed E-state index contributed by atoms with van der Waals surface area (Å²) in [6.45, 7) is 0. The summed E-state index contributed by atoms with van der Waals surface area (Å²) in [5.74, 6) is 7.98. The lowest BCUT2D eigenvalue weighted by Gasteiger charge is -2.12. The number of rotatable bonds is 3. The van der Waals surface area contributed by atoms with Crippen LogP contribution < -0.4 is 11.3 Å². The molecule has 4 heteroatoms. The highest BCUT2D eigenvalue weighted by Gasteiger charge is 2.10. The normalized spacial score (nSPS) is 12.2. The van der Waals surface area contributed by atoms with E-state index in [2.05, 4.69) is 21.3 Å². The van der Waals surface area contributed by atoms with Crippen molar-refractivity contribution in [1.82, 2.24) is 15.4 Å². The van der Waals surface area contributed by atoms with Gasteiger partial charge in [-0.1, -0.05) is 12.1 Å². The zero-order valence-electron chi connectivity index (χ0n) is 8.72. The topological polar surface area (TPSA) is 63.8 Å². The van der Waals surface area contributed by atoms with E-state index < -0.39 is 0 Å². The molecule has 0 saturated heterocycles. The minimum Gasteiger partial charge on any atom is -0.271 e. The molecule has 0 saturated carbocycles. The van der Waals surface area contributed by atoms with Gasteiger partial charge in [0.2, 0.25) is 0 Å². The standard InChI is InChI=1S/C12H12N4/c1-2-5-11(16-13)12-8-14-9-6-3-4-7-10(9)15-12/h1,3-4,6-8,11,16H,5,13H2. The van der Waals surface area contributed by atoms with Crippen LogP contribution in [0.4, 0.5) is 0 Å². The van der Waals surface area contributed by atoms with E-state index in [1.165, 1.54) is 0 Å². The van der Waals surface area contributed by atoms with E-state index in [4.69, 9.17) is 12.3 Å². The van der Waals surface area contributed by atoms with Crippen LogP contribution in [-0.4, -0.2) is 9.97 Å². The summed E-state index contributed by atoms with van der Waals surface area (Å²) in [5, 5.41) is 0. The first kappa shape index (κ1) is 10.6. The van der Waals surface area contributed by atoms with Crippen molar-refractivity contribution in [2.24, 2.45) is 5.84 Å². The molecular formula is C12H12N4. The minimum absolute atomic E-state index is 0.151. The molecule has 80 valence electrons. The second kappa shape index (κ2) is 4.71. The third kappa shape index (κ3) is 2.01. The summed E-state index contributed by atoms with van der Waals surface area (Å²) in [5.41, 5.74) is 5.11. The van der Waals surface area contributed by atoms with Gasteiger partial charge in [0.05, 0.1) is 29.0 Å². The lowest BCUT2D eigenvalue weighted by Crippen LogP contribution is -2.28. The molecule has 1 aromatic heterocycles. The molecule has 2 aromatic rings. The Kier molecular flexibility index (Phi) is 3.10. The second-order valence-corrected chi connectivity index (χ2v) is 3.41. The number of hydrazine groups is 1. The van der Waals surface area contributed by atoms with Gasteiger partial charge in [0, 0.05) is 6.42 Å². The predicted molar refractivity (Wildman–Crippen MR) is 63.1 cm³/mol. The fourth-order valence-electron chi connectivity index (χ4n) is 1.51. The highest BCUT2D eigenvalue weighted by Crippen LogP contribution is 2.15. The number of hydrogen-bond donors (Lipinski definition) is 2. The molecule has 0 bridgehead atoms. The maximum absolute atomic E-state index is 5.42. The Morgan fingerprint density at radius 3 is 2.81 bits per heavy atom. The molecular weight excluding hydrogens is 200 g/mol. The monoisotopic (exact) mass is 212 g/mol. The SMILES string of the molecule is C#CCC(NN)c1cnc2ccccc2n1. The molecule has 16 heavy (non-hydrogen) atoms.